The average Bonchev–Trinajstić information content (AvgIpc) is 3.07. The summed E-state index contributed by atoms with van der Waals surface area (Å²) in [6, 6.07) is 8.64. The van der Waals surface area contributed by atoms with Crippen LogP contribution in [-0.4, -0.2) is 18.8 Å². The highest BCUT2D eigenvalue weighted by molar-refractivity contribution is 9.10. The quantitative estimate of drug-likeness (QED) is 0.568. The molecule has 8 heteroatoms. The van der Waals surface area contributed by atoms with Gasteiger partial charge in [-0.3, -0.25) is 10.1 Å². The molecule has 0 amide bonds. The maximum atomic E-state index is 11.6. The highest BCUT2D eigenvalue weighted by atomic mass is 79.9. The Hall–Kier alpha value is -2.74. The Balaban J connectivity index is 1.83. The van der Waals surface area contributed by atoms with Crippen molar-refractivity contribution in [2.45, 2.75) is 6.10 Å². The molecule has 2 aromatic rings. The summed E-state index contributed by atoms with van der Waals surface area (Å²) in [5.74, 6) is 2.10. The molecule has 0 spiro atoms. The smallest absolute Gasteiger partial charge is 0.291 e. The number of hydrogen-bond donors (Lipinski definition) is 0. The minimum Gasteiger partial charge on any atom is -0.493 e. The van der Waals surface area contributed by atoms with Crippen molar-refractivity contribution >= 4 is 22.0 Å². The lowest BCUT2D eigenvalue weighted by atomic mass is 10.0. The number of nitrogens with zero attached hydrogens (tertiary/aromatic N) is 1. The SMILES string of the molecule is COc1cc(Br)cc2c1O[C@H](c1ccc3c(c1)OCO3)C([N+](=O)[O-])=C2. The first-order valence-electron chi connectivity index (χ1n) is 7.36. The van der Waals surface area contributed by atoms with Crippen LogP contribution in [0.3, 0.4) is 0 Å². The molecule has 0 radical (unpaired) electrons. The fourth-order valence-electron chi connectivity index (χ4n) is 2.85. The second kappa shape index (κ2) is 5.96. The number of fused-ring (bicyclic) bond motifs is 2. The van der Waals surface area contributed by atoms with Crippen molar-refractivity contribution in [1.29, 1.82) is 0 Å². The van der Waals surface area contributed by atoms with E-state index in [4.69, 9.17) is 18.9 Å². The number of methoxy groups -OCH3 is 1. The van der Waals surface area contributed by atoms with Crippen LogP contribution in [0.25, 0.3) is 6.08 Å². The Morgan fingerprint density at radius 2 is 2.04 bits per heavy atom. The summed E-state index contributed by atoms with van der Waals surface area (Å²) in [5.41, 5.74) is 1.12. The number of hydrogen-bond acceptors (Lipinski definition) is 6. The Morgan fingerprint density at radius 3 is 2.80 bits per heavy atom. The van der Waals surface area contributed by atoms with Gasteiger partial charge >= 0.3 is 0 Å². The van der Waals surface area contributed by atoms with Gasteiger partial charge in [0, 0.05) is 21.7 Å². The van der Waals surface area contributed by atoms with Gasteiger partial charge in [0.1, 0.15) is 0 Å². The molecule has 7 nitrogen and oxygen atoms in total. The van der Waals surface area contributed by atoms with Gasteiger partial charge in [0.25, 0.3) is 5.70 Å². The number of benzene rings is 2. The topological polar surface area (TPSA) is 80.1 Å². The first kappa shape index (κ1) is 15.8. The molecular formula is C17H12BrNO6. The van der Waals surface area contributed by atoms with E-state index in [1.165, 1.54) is 13.2 Å². The van der Waals surface area contributed by atoms with Crippen molar-refractivity contribution in [1.82, 2.24) is 0 Å². The van der Waals surface area contributed by atoms with Gasteiger partial charge in [0.2, 0.25) is 12.9 Å². The van der Waals surface area contributed by atoms with Gasteiger partial charge in [-0.25, -0.2) is 0 Å². The summed E-state index contributed by atoms with van der Waals surface area (Å²) < 4.78 is 22.7. The van der Waals surface area contributed by atoms with Crippen LogP contribution in [0.15, 0.2) is 40.5 Å². The van der Waals surface area contributed by atoms with E-state index < -0.39 is 11.0 Å². The molecule has 2 aliphatic heterocycles. The van der Waals surface area contributed by atoms with Crippen LogP contribution in [0.1, 0.15) is 17.2 Å². The third-order valence-corrected chi connectivity index (χ3v) is 4.44. The molecule has 0 bridgehead atoms. The zero-order valence-electron chi connectivity index (χ0n) is 13.0. The summed E-state index contributed by atoms with van der Waals surface area (Å²) >= 11 is 3.37. The summed E-state index contributed by atoms with van der Waals surface area (Å²) in [7, 11) is 1.52. The second-order valence-corrected chi connectivity index (χ2v) is 6.38. The van der Waals surface area contributed by atoms with Gasteiger partial charge in [-0.2, -0.15) is 0 Å². The van der Waals surface area contributed by atoms with E-state index in [1.54, 1.807) is 30.3 Å². The predicted molar refractivity (Wildman–Crippen MR) is 91.6 cm³/mol. The first-order chi connectivity index (χ1) is 12.1. The molecule has 2 aromatic carbocycles. The van der Waals surface area contributed by atoms with Crippen molar-refractivity contribution < 1.29 is 23.9 Å². The molecule has 0 aliphatic carbocycles. The summed E-state index contributed by atoms with van der Waals surface area (Å²) in [4.78, 5) is 11.1. The van der Waals surface area contributed by atoms with Gasteiger partial charge in [0.05, 0.1) is 12.0 Å². The summed E-state index contributed by atoms with van der Waals surface area (Å²) in [5, 5.41) is 11.6. The maximum Gasteiger partial charge on any atom is 0.291 e. The number of rotatable bonds is 3. The number of nitro groups is 1. The van der Waals surface area contributed by atoms with E-state index in [9.17, 15) is 10.1 Å². The summed E-state index contributed by atoms with van der Waals surface area (Å²) in [6.07, 6.45) is 0.619. The Kier molecular flexibility index (Phi) is 3.76. The Bertz CT molecular complexity index is 910. The molecule has 0 saturated carbocycles. The van der Waals surface area contributed by atoms with Gasteiger partial charge in [-0.05, 0) is 24.3 Å². The highest BCUT2D eigenvalue weighted by Gasteiger charge is 2.35. The van der Waals surface area contributed by atoms with Crippen LogP contribution < -0.4 is 18.9 Å². The lowest BCUT2D eigenvalue weighted by molar-refractivity contribution is -0.434. The minimum absolute atomic E-state index is 0.0634. The highest BCUT2D eigenvalue weighted by Crippen LogP contribution is 2.45. The van der Waals surface area contributed by atoms with Crippen molar-refractivity contribution in [2.75, 3.05) is 13.9 Å². The predicted octanol–water partition coefficient (Wildman–Crippen LogP) is 3.94. The molecule has 2 aliphatic rings. The molecule has 0 aromatic heterocycles. The molecule has 2 heterocycles. The molecule has 25 heavy (non-hydrogen) atoms. The zero-order chi connectivity index (χ0) is 17.6. The molecular weight excluding hydrogens is 394 g/mol. The first-order valence-corrected chi connectivity index (χ1v) is 8.16. The van der Waals surface area contributed by atoms with E-state index in [0.29, 0.717) is 34.1 Å². The monoisotopic (exact) mass is 405 g/mol. The van der Waals surface area contributed by atoms with Gasteiger partial charge in [0.15, 0.2) is 23.0 Å². The van der Waals surface area contributed by atoms with Crippen molar-refractivity contribution in [3.05, 3.63) is 61.7 Å². The largest absolute Gasteiger partial charge is 0.493 e. The number of ether oxygens (including phenoxy) is 4. The standard InChI is InChI=1S/C17H12BrNO6/c1-22-15-7-11(18)4-10-5-12(19(20)21)16(25-17(10)15)9-2-3-13-14(6-9)24-8-23-13/h2-7,16H,8H2,1H3/t16-/m1/s1. The van der Waals surface area contributed by atoms with Crippen molar-refractivity contribution in [3.63, 3.8) is 0 Å². The molecule has 0 saturated heterocycles. The van der Waals surface area contributed by atoms with Crippen LogP contribution >= 0.6 is 15.9 Å². The van der Waals surface area contributed by atoms with E-state index in [-0.39, 0.29) is 12.5 Å². The lowest BCUT2D eigenvalue weighted by Gasteiger charge is -2.24. The lowest BCUT2D eigenvalue weighted by Crippen LogP contribution is -2.20. The normalized spacial score (nSPS) is 17.4. The van der Waals surface area contributed by atoms with E-state index in [2.05, 4.69) is 15.9 Å². The minimum atomic E-state index is -0.882. The van der Waals surface area contributed by atoms with Crippen LogP contribution in [0, 0.1) is 10.1 Å². The van der Waals surface area contributed by atoms with Gasteiger partial charge in [-0.1, -0.05) is 22.0 Å². The third kappa shape index (κ3) is 2.68. The third-order valence-electron chi connectivity index (χ3n) is 3.99. The van der Waals surface area contributed by atoms with Crippen molar-refractivity contribution in [2.24, 2.45) is 0 Å². The van der Waals surface area contributed by atoms with Crippen LogP contribution in [-0.2, 0) is 0 Å². The Labute approximate surface area is 151 Å². The molecule has 128 valence electrons. The molecule has 0 N–H and O–H groups in total. The van der Waals surface area contributed by atoms with Crippen LogP contribution in [0.4, 0.5) is 0 Å². The van der Waals surface area contributed by atoms with Crippen LogP contribution in [0.2, 0.25) is 0 Å². The van der Waals surface area contributed by atoms with E-state index in [0.717, 1.165) is 4.47 Å². The maximum absolute atomic E-state index is 11.6. The second-order valence-electron chi connectivity index (χ2n) is 5.46. The zero-order valence-corrected chi connectivity index (χ0v) is 14.6. The average molecular weight is 406 g/mol. The summed E-state index contributed by atoms with van der Waals surface area (Å²) in [6.45, 7) is 0.132. The van der Waals surface area contributed by atoms with E-state index >= 15 is 0 Å². The molecule has 1 atom stereocenters. The fourth-order valence-corrected chi connectivity index (χ4v) is 3.30. The van der Waals surface area contributed by atoms with Gasteiger partial charge < -0.3 is 18.9 Å². The number of halogens is 1. The van der Waals surface area contributed by atoms with Crippen LogP contribution in [0.5, 0.6) is 23.0 Å². The molecule has 4 rings (SSSR count). The molecule has 0 fully saturated rings. The van der Waals surface area contributed by atoms with Gasteiger partial charge in [-0.15, -0.1) is 0 Å². The van der Waals surface area contributed by atoms with Crippen molar-refractivity contribution in [3.8, 4) is 23.0 Å². The fraction of sp³-hybridized carbons (Fsp3) is 0.176. The Morgan fingerprint density at radius 1 is 1.24 bits per heavy atom. The molecule has 0 unspecified atom stereocenters. The van der Waals surface area contributed by atoms with E-state index in [1.807, 2.05) is 0 Å².